The number of anilines is 1. The van der Waals surface area contributed by atoms with Crippen molar-refractivity contribution in [2.24, 2.45) is 0 Å². The fourth-order valence-electron chi connectivity index (χ4n) is 0.820. The molecule has 0 heterocycles. The van der Waals surface area contributed by atoms with E-state index in [1.807, 2.05) is 36.4 Å². The Morgan fingerprint density at radius 1 is 1.46 bits per heavy atom. The fourth-order valence-corrected chi connectivity index (χ4v) is 0.820. The van der Waals surface area contributed by atoms with E-state index in [4.69, 9.17) is 10.00 Å². The number of ether oxygens (including phenoxy) is 1. The third-order valence-corrected chi connectivity index (χ3v) is 1.47. The van der Waals surface area contributed by atoms with Crippen LogP contribution < -0.4 is 5.32 Å². The summed E-state index contributed by atoms with van der Waals surface area (Å²) in [6, 6.07) is 11.5. The van der Waals surface area contributed by atoms with Crippen molar-refractivity contribution in [1.82, 2.24) is 0 Å². The molecule has 0 spiro atoms. The van der Waals surface area contributed by atoms with E-state index in [-0.39, 0.29) is 5.76 Å². The number of methoxy groups -OCH3 is 1. The molecule has 3 heteroatoms. The molecule has 3 nitrogen and oxygen atoms in total. The first-order valence-electron chi connectivity index (χ1n) is 3.82. The summed E-state index contributed by atoms with van der Waals surface area (Å²) < 4.78 is 4.76. The third kappa shape index (κ3) is 2.88. The van der Waals surface area contributed by atoms with E-state index >= 15 is 0 Å². The second-order valence-electron chi connectivity index (χ2n) is 2.33. The van der Waals surface area contributed by atoms with Crippen molar-refractivity contribution in [2.45, 2.75) is 0 Å². The summed E-state index contributed by atoms with van der Waals surface area (Å²) in [5.41, 5.74) is 0.923. The molecule has 66 valence electrons. The predicted octanol–water partition coefficient (Wildman–Crippen LogP) is 2.11. The summed E-state index contributed by atoms with van der Waals surface area (Å²) in [5, 5.41) is 11.5. The van der Waals surface area contributed by atoms with Crippen molar-refractivity contribution >= 4 is 5.69 Å². The Kier molecular flexibility index (Phi) is 3.40. The molecular formula is C10H10N2O. The number of nitrogens with one attached hydrogen (secondary N) is 1. The molecule has 0 saturated heterocycles. The van der Waals surface area contributed by atoms with Gasteiger partial charge in [-0.05, 0) is 12.1 Å². The molecule has 0 aliphatic carbocycles. The maximum absolute atomic E-state index is 8.52. The lowest BCUT2D eigenvalue weighted by Crippen LogP contribution is -1.91. The standard InChI is InChI=1S/C10H10N2O/c1-13-10(7-11)8-12-9-5-3-2-4-6-9/h2-6,8,12H,1H3/b10-8-. The van der Waals surface area contributed by atoms with Gasteiger partial charge < -0.3 is 10.1 Å². The van der Waals surface area contributed by atoms with Crippen LogP contribution in [0.5, 0.6) is 0 Å². The number of hydrogen-bond acceptors (Lipinski definition) is 3. The lowest BCUT2D eigenvalue weighted by molar-refractivity contribution is 0.309. The first kappa shape index (κ1) is 9.14. The Labute approximate surface area is 77.3 Å². The Bertz CT molecular complexity index is 325. The molecule has 1 N–H and O–H groups in total. The van der Waals surface area contributed by atoms with E-state index in [0.29, 0.717) is 0 Å². The molecule has 1 aromatic carbocycles. The largest absolute Gasteiger partial charge is 0.486 e. The number of para-hydroxylation sites is 1. The molecule has 1 rings (SSSR count). The highest BCUT2D eigenvalue weighted by Crippen LogP contribution is 2.05. The zero-order chi connectivity index (χ0) is 9.52. The topological polar surface area (TPSA) is 45.0 Å². The average Bonchev–Trinajstić information content (AvgIpc) is 2.21. The molecular weight excluding hydrogens is 164 g/mol. The van der Waals surface area contributed by atoms with Gasteiger partial charge in [0.25, 0.3) is 0 Å². The number of benzene rings is 1. The minimum atomic E-state index is 0.254. The maximum atomic E-state index is 8.52. The summed E-state index contributed by atoms with van der Waals surface area (Å²) in [6.45, 7) is 0. The number of hydrogen-bond donors (Lipinski definition) is 1. The van der Waals surface area contributed by atoms with Gasteiger partial charge in [-0.1, -0.05) is 18.2 Å². The monoisotopic (exact) mass is 174 g/mol. The van der Waals surface area contributed by atoms with Crippen LogP contribution in [0.1, 0.15) is 0 Å². The quantitative estimate of drug-likeness (QED) is 0.563. The molecule has 0 amide bonds. The van der Waals surface area contributed by atoms with Crippen molar-refractivity contribution < 1.29 is 4.74 Å². The van der Waals surface area contributed by atoms with Crippen LogP contribution >= 0.6 is 0 Å². The molecule has 0 fully saturated rings. The minimum absolute atomic E-state index is 0.254. The van der Waals surface area contributed by atoms with Crippen LogP contribution in [0.15, 0.2) is 42.3 Å². The summed E-state index contributed by atoms with van der Waals surface area (Å²) in [5.74, 6) is 0.254. The van der Waals surface area contributed by atoms with E-state index in [1.54, 1.807) is 0 Å². The molecule has 1 aromatic rings. The van der Waals surface area contributed by atoms with Crippen LogP contribution in [0.25, 0.3) is 0 Å². The van der Waals surface area contributed by atoms with Crippen LogP contribution in [0.4, 0.5) is 5.69 Å². The van der Waals surface area contributed by atoms with Crippen molar-refractivity contribution in [2.75, 3.05) is 12.4 Å². The van der Waals surface area contributed by atoms with Crippen LogP contribution in [-0.4, -0.2) is 7.11 Å². The summed E-state index contributed by atoms with van der Waals surface area (Å²) in [4.78, 5) is 0. The second kappa shape index (κ2) is 4.83. The fraction of sp³-hybridized carbons (Fsp3) is 0.100. The number of nitrogens with zero attached hydrogens (tertiary/aromatic N) is 1. The Hall–Kier alpha value is -1.95. The highest BCUT2D eigenvalue weighted by atomic mass is 16.5. The van der Waals surface area contributed by atoms with E-state index < -0.39 is 0 Å². The lowest BCUT2D eigenvalue weighted by Gasteiger charge is -2.00. The summed E-state index contributed by atoms with van der Waals surface area (Å²) in [7, 11) is 1.46. The van der Waals surface area contributed by atoms with Gasteiger partial charge in [-0.25, -0.2) is 0 Å². The van der Waals surface area contributed by atoms with Gasteiger partial charge in [-0.3, -0.25) is 0 Å². The van der Waals surface area contributed by atoms with Crippen molar-refractivity contribution in [3.63, 3.8) is 0 Å². The van der Waals surface area contributed by atoms with Crippen LogP contribution in [0, 0.1) is 11.3 Å². The first-order valence-corrected chi connectivity index (χ1v) is 3.82. The Morgan fingerprint density at radius 3 is 2.69 bits per heavy atom. The van der Waals surface area contributed by atoms with Gasteiger partial charge in [0.15, 0.2) is 0 Å². The van der Waals surface area contributed by atoms with E-state index in [2.05, 4.69) is 5.32 Å². The lowest BCUT2D eigenvalue weighted by atomic mass is 10.3. The number of nitriles is 1. The van der Waals surface area contributed by atoms with Crippen LogP contribution in [-0.2, 0) is 4.74 Å². The maximum Gasteiger partial charge on any atom is 0.213 e. The second-order valence-corrected chi connectivity index (χ2v) is 2.33. The minimum Gasteiger partial charge on any atom is -0.486 e. The Balaban J connectivity index is 2.62. The summed E-state index contributed by atoms with van der Waals surface area (Å²) >= 11 is 0. The van der Waals surface area contributed by atoms with Gasteiger partial charge in [-0.15, -0.1) is 0 Å². The normalized spacial score (nSPS) is 10.3. The van der Waals surface area contributed by atoms with Crippen molar-refractivity contribution in [3.05, 3.63) is 42.3 Å². The van der Waals surface area contributed by atoms with Crippen molar-refractivity contribution in [1.29, 1.82) is 5.26 Å². The van der Waals surface area contributed by atoms with Gasteiger partial charge in [0.1, 0.15) is 6.07 Å². The third-order valence-electron chi connectivity index (χ3n) is 1.47. The van der Waals surface area contributed by atoms with E-state index in [9.17, 15) is 0 Å². The molecule has 0 atom stereocenters. The van der Waals surface area contributed by atoms with E-state index in [0.717, 1.165) is 5.69 Å². The molecule has 0 bridgehead atoms. The smallest absolute Gasteiger partial charge is 0.213 e. The molecule has 13 heavy (non-hydrogen) atoms. The molecule has 0 aromatic heterocycles. The van der Waals surface area contributed by atoms with Gasteiger partial charge in [0, 0.05) is 5.69 Å². The van der Waals surface area contributed by atoms with Gasteiger partial charge in [-0.2, -0.15) is 5.26 Å². The molecule has 0 aliphatic rings. The zero-order valence-electron chi connectivity index (χ0n) is 7.32. The first-order chi connectivity index (χ1) is 6.36. The molecule has 0 saturated carbocycles. The van der Waals surface area contributed by atoms with Gasteiger partial charge >= 0.3 is 0 Å². The molecule has 0 radical (unpaired) electrons. The molecule has 0 unspecified atom stereocenters. The summed E-state index contributed by atoms with van der Waals surface area (Å²) in [6.07, 6.45) is 1.52. The van der Waals surface area contributed by atoms with Crippen LogP contribution in [0.3, 0.4) is 0 Å². The van der Waals surface area contributed by atoms with Crippen molar-refractivity contribution in [3.8, 4) is 6.07 Å². The SMILES string of the molecule is CO/C(C#N)=C\Nc1ccccc1. The Morgan fingerprint density at radius 2 is 2.15 bits per heavy atom. The zero-order valence-corrected chi connectivity index (χ0v) is 7.32. The highest BCUT2D eigenvalue weighted by molar-refractivity contribution is 5.45. The van der Waals surface area contributed by atoms with Gasteiger partial charge in [0.2, 0.25) is 5.76 Å². The van der Waals surface area contributed by atoms with Crippen LogP contribution in [0.2, 0.25) is 0 Å². The number of rotatable bonds is 3. The number of allylic oxidation sites excluding steroid dienone is 1. The highest BCUT2D eigenvalue weighted by Gasteiger charge is 1.90. The predicted molar refractivity (Wildman–Crippen MR) is 50.8 cm³/mol. The van der Waals surface area contributed by atoms with E-state index in [1.165, 1.54) is 13.3 Å². The van der Waals surface area contributed by atoms with Gasteiger partial charge in [0.05, 0.1) is 13.3 Å². The average molecular weight is 174 g/mol. The molecule has 0 aliphatic heterocycles.